The van der Waals surface area contributed by atoms with Crippen LogP contribution in [0.4, 0.5) is 8.78 Å². The molecule has 5 atom stereocenters. The van der Waals surface area contributed by atoms with Crippen LogP contribution in [0.5, 0.6) is 0 Å². The van der Waals surface area contributed by atoms with Gasteiger partial charge >= 0.3 is 0 Å². The van der Waals surface area contributed by atoms with Gasteiger partial charge in [-0.05, 0) is 38.8 Å². The van der Waals surface area contributed by atoms with Gasteiger partial charge in [-0.3, -0.25) is 0 Å². The molecule has 2 fully saturated rings. The Labute approximate surface area is 179 Å². The van der Waals surface area contributed by atoms with Gasteiger partial charge < -0.3 is 18.9 Å². The van der Waals surface area contributed by atoms with Crippen molar-refractivity contribution >= 4 is 0 Å². The van der Waals surface area contributed by atoms with E-state index in [1.54, 1.807) is 24.1 Å². The number of benzene rings is 1. The summed E-state index contributed by atoms with van der Waals surface area (Å²) in [7, 11) is 1.59. The van der Waals surface area contributed by atoms with Gasteiger partial charge in [-0.2, -0.15) is 0 Å². The highest BCUT2D eigenvalue weighted by Gasteiger charge is 2.52. The number of hydrogen-bond acceptors (Lipinski definition) is 6. The zero-order valence-corrected chi connectivity index (χ0v) is 18.0. The highest BCUT2D eigenvalue weighted by Crippen LogP contribution is 2.40. The van der Waals surface area contributed by atoms with Gasteiger partial charge in [0, 0.05) is 12.7 Å². The van der Waals surface area contributed by atoms with Gasteiger partial charge in [-0.1, -0.05) is 17.4 Å². The molecule has 2 saturated heterocycles. The molecule has 0 bridgehead atoms. The maximum atomic E-state index is 14.5. The molecule has 168 valence electrons. The topological polar surface area (TPSA) is 67.6 Å². The van der Waals surface area contributed by atoms with E-state index in [4.69, 9.17) is 18.9 Å². The lowest BCUT2D eigenvalue weighted by molar-refractivity contribution is -0.349. The number of rotatable bonds is 5. The Morgan fingerprint density at radius 3 is 2.81 bits per heavy atom. The summed E-state index contributed by atoms with van der Waals surface area (Å²) in [4.78, 5) is 0. The van der Waals surface area contributed by atoms with Crippen molar-refractivity contribution in [1.29, 1.82) is 0 Å². The largest absolute Gasteiger partial charge is 0.376 e. The minimum absolute atomic E-state index is 0.0443. The molecule has 0 amide bonds. The van der Waals surface area contributed by atoms with E-state index in [9.17, 15) is 8.78 Å². The van der Waals surface area contributed by atoms with Crippen LogP contribution in [-0.4, -0.2) is 58.9 Å². The van der Waals surface area contributed by atoms with Gasteiger partial charge in [0.2, 0.25) is 0 Å². The quantitative estimate of drug-likeness (QED) is 0.669. The normalized spacial score (nSPS) is 30.1. The third-order valence-corrected chi connectivity index (χ3v) is 5.81. The van der Waals surface area contributed by atoms with Crippen molar-refractivity contribution in [1.82, 2.24) is 15.0 Å². The van der Waals surface area contributed by atoms with Crippen LogP contribution >= 0.6 is 0 Å². The van der Waals surface area contributed by atoms with Gasteiger partial charge in [0.05, 0.1) is 18.9 Å². The first-order chi connectivity index (χ1) is 14.8. The average Bonchev–Trinajstić information content (AvgIpc) is 3.20. The molecule has 1 aromatic heterocycles. The predicted octanol–water partition coefficient (Wildman–Crippen LogP) is 3.58. The van der Waals surface area contributed by atoms with E-state index in [-0.39, 0.29) is 29.0 Å². The van der Waals surface area contributed by atoms with Gasteiger partial charge in [-0.15, -0.1) is 11.7 Å². The molecular weight excluding hydrogens is 408 g/mol. The molecule has 0 unspecified atom stereocenters. The monoisotopic (exact) mass is 435 g/mol. The Hall–Kier alpha value is -2.20. The van der Waals surface area contributed by atoms with Crippen molar-refractivity contribution in [3.63, 3.8) is 0 Å². The Balaban J connectivity index is 1.74. The molecule has 0 radical (unpaired) electrons. The summed E-state index contributed by atoms with van der Waals surface area (Å²) in [6.07, 6.45) is 2.38. The minimum Gasteiger partial charge on any atom is -0.376 e. The Bertz CT molecular complexity index is 964. The highest BCUT2D eigenvalue weighted by atomic mass is 19.2. The lowest BCUT2D eigenvalue weighted by Crippen LogP contribution is -2.62. The first kappa shape index (κ1) is 22.0. The minimum atomic E-state index is -0.951. The molecule has 9 heteroatoms. The van der Waals surface area contributed by atoms with Crippen molar-refractivity contribution in [3.8, 4) is 11.3 Å². The maximum absolute atomic E-state index is 14.5. The molecule has 0 N–H and O–H groups in total. The molecule has 31 heavy (non-hydrogen) atoms. The van der Waals surface area contributed by atoms with Gasteiger partial charge in [0.15, 0.2) is 17.4 Å². The zero-order valence-electron chi connectivity index (χ0n) is 18.0. The van der Waals surface area contributed by atoms with E-state index in [1.165, 1.54) is 19.1 Å². The summed E-state index contributed by atoms with van der Waals surface area (Å²) >= 11 is 0. The summed E-state index contributed by atoms with van der Waals surface area (Å²) in [5.74, 6) is -2.66. The average molecular weight is 435 g/mol. The fourth-order valence-electron chi connectivity index (χ4n) is 4.27. The molecule has 1 aromatic carbocycles. The molecule has 0 saturated carbocycles. The number of aromatic nitrogens is 3. The van der Waals surface area contributed by atoms with Crippen molar-refractivity contribution in [3.05, 3.63) is 48.2 Å². The van der Waals surface area contributed by atoms with E-state index in [1.807, 2.05) is 13.8 Å². The lowest BCUT2D eigenvalue weighted by Gasteiger charge is -2.51. The number of aryl methyl sites for hydroxylation is 1. The number of fused-ring (bicyclic) bond motifs is 1. The van der Waals surface area contributed by atoms with Crippen LogP contribution in [0.2, 0.25) is 0 Å². The van der Waals surface area contributed by atoms with Crippen molar-refractivity contribution in [2.24, 2.45) is 0 Å². The fraction of sp³-hybridized carbons (Fsp3) is 0.545. The molecular formula is C22H27F2N3O4. The standard InChI is InChI=1S/C22H27F2N3O4/c1-6-7-15-20(28-5)19(21-16(30-15)11-29-22(3,4)31-21)27-10-14(25-26-27)13-9-8-12(2)17(23)18(13)24/h6,8-10,15-16,19-21H,1,7,11H2,2-5H3/t15-,16-,19-,20+,21+/m1/s1. The number of nitrogens with zero attached hydrogens (tertiary/aromatic N) is 3. The summed E-state index contributed by atoms with van der Waals surface area (Å²) in [6.45, 7) is 9.32. The lowest BCUT2D eigenvalue weighted by atomic mass is 9.90. The first-order valence-electron chi connectivity index (χ1n) is 10.2. The van der Waals surface area contributed by atoms with Gasteiger partial charge in [0.25, 0.3) is 0 Å². The third kappa shape index (κ3) is 4.03. The van der Waals surface area contributed by atoms with Crippen LogP contribution in [0.1, 0.15) is 31.9 Å². The van der Waals surface area contributed by atoms with Crippen molar-refractivity contribution in [2.75, 3.05) is 13.7 Å². The second-order valence-corrected chi connectivity index (χ2v) is 8.36. The van der Waals surface area contributed by atoms with Crippen molar-refractivity contribution < 1.29 is 27.7 Å². The molecule has 3 heterocycles. The Morgan fingerprint density at radius 2 is 2.10 bits per heavy atom. The molecule has 4 rings (SSSR count). The molecule has 2 aromatic rings. The summed E-state index contributed by atoms with van der Waals surface area (Å²) < 4.78 is 54.2. The first-order valence-corrected chi connectivity index (χ1v) is 10.2. The number of ether oxygens (including phenoxy) is 4. The molecule has 7 nitrogen and oxygen atoms in total. The summed E-state index contributed by atoms with van der Waals surface area (Å²) in [5, 5.41) is 8.35. The van der Waals surface area contributed by atoms with Crippen LogP contribution in [0.3, 0.4) is 0 Å². The van der Waals surface area contributed by atoms with Crippen LogP contribution in [-0.2, 0) is 18.9 Å². The Kier molecular flexibility index (Phi) is 5.95. The predicted molar refractivity (Wildman–Crippen MR) is 108 cm³/mol. The fourth-order valence-corrected chi connectivity index (χ4v) is 4.27. The van der Waals surface area contributed by atoms with E-state index in [0.29, 0.717) is 13.0 Å². The molecule has 0 spiro atoms. The van der Waals surface area contributed by atoms with Crippen LogP contribution in [0.15, 0.2) is 31.0 Å². The van der Waals surface area contributed by atoms with Crippen LogP contribution in [0.25, 0.3) is 11.3 Å². The smallest absolute Gasteiger partial charge is 0.168 e. The van der Waals surface area contributed by atoms with Crippen LogP contribution in [0, 0.1) is 18.6 Å². The number of methoxy groups -OCH3 is 1. The second-order valence-electron chi connectivity index (χ2n) is 8.36. The number of halogens is 2. The van der Waals surface area contributed by atoms with E-state index in [2.05, 4.69) is 16.9 Å². The van der Waals surface area contributed by atoms with Gasteiger partial charge in [0.1, 0.15) is 30.0 Å². The van der Waals surface area contributed by atoms with E-state index >= 15 is 0 Å². The van der Waals surface area contributed by atoms with Crippen molar-refractivity contribution in [2.45, 2.75) is 63.4 Å². The number of hydrogen-bond donors (Lipinski definition) is 0. The van der Waals surface area contributed by atoms with Crippen LogP contribution < -0.4 is 0 Å². The second kappa shape index (κ2) is 8.38. The maximum Gasteiger partial charge on any atom is 0.168 e. The molecule has 2 aliphatic rings. The third-order valence-electron chi connectivity index (χ3n) is 5.81. The molecule has 0 aliphatic carbocycles. The highest BCUT2D eigenvalue weighted by molar-refractivity contribution is 5.59. The van der Waals surface area contributed by atoms with Gasteiger partial charge in [-0.25, -0.2) is 13.5 Å². The SMILES string of the molecule is C=CC[C@H]1O[C@@H]2COC(C)(C)O[C@@H]2[C@H](n2cc(-c3ccc(C)c(F)c3F)nn2)[C@H]1OC. The zero-order chi connectivity index (χ0) is 22.3. The van der Waals surface area contributed by atoms with E-state index in [0.717, 1.165) is 0 Å². The summed E-state index contributed by atoms with van der Waals surface area (Å²) in [6, 6.07) is 2.59. The Morgan fingerprint density at radius 1 is 1.32 bits per heavy atom. The molecule has 2 aliphatic heterocycles. The summed E-state index contributed by atoms with van der Waals surface area (Å²) in [5.41, 5.74) is 0.495. The van der Waals surface area contributed by atoms with E-state index < -0.39 is 35.7 Å².